The Morgan fingerprint density at radius 2 is 1.89 bits per heavy atom. The van der Waals surface area contributed by atoms with Crippen LogP contribution in [-0.2, 0) is 4.79 Å². The molecule has 2 aromatic carbocycles. The van der Waals surface area contributed by atoms with Crippen molar-refractivity contribution in [3.05, 3.63) is 64.7 Å². The van der Waals surface area contributed by atoms with Gasteiger partial charge in [0.1, 0.15) is 11.8 Å². The standard InChI is InChI=1S/C18H15ClF3N3O3/c19-12-3-1-2-11(8-12)15(25-16(26)14-9-23-17(27)24-14)10-4-6-13(7-5-10)28-18(20,21)22/h1-8,14-15H,9H2,(H,25,26)(H2,23,24,27). The fraction of sp³-hybridized carbons (Fsp3) is 0.222. The van der Waals surface area contributed by atoms with E-state index in [2.05, 4.69) is 20.7 Å². The SMILES string of the molecule is O=C1NCC(C(=O)NC(c2ccc(OC(F)(F)F)cc2)c2cccc(Cl)c2)N1. The van der Waals surface area contributed by atoms with Crippen molar-refractivity contribution in [3.63, 3.8) is 0 Å². The van der Waals surface area contributed by atoms with E-state index < -0.39 is 30.4 Å². The van der Waals surface area contributed by atoms with Gasteiger partial charge >= 0.3 is 12.4 Å². The van der Waals surface area contributed by atoms with Crippen molar-refractivity contribution in [2.45, 2.75) is 18.4 Å². The van der Waals surface area contributed by atoms with Crippen LogP contribution in [0.15, 0.2) is 48.5 Å². The molecular formula is C18H15ClF3N3O3. The highest BCUT2D eigenvalue weighted by atomic mass is 35.5. The Balaban J connectivity index is 1.86. The van der Waals surface area contributed by atoms with E-state index in [1.165, 1.54) is 12.1 Å². The van der Waals surface area contributed by atoms with Crippen LogP contribution in [0.5, 0.6) is 5.75 Å². The smallest absolute Gasteiger partial charge is 0.406 e. The number of hydrogen-bond acceptors (Lipinski definition) is 3. The van der Waals surface area contributed by atoms with Crippen molar-refractivity contribution in [3.8, 4) is 5.75 Å². The highest BCUT2D eigenvalue weighted by molar-refractivity contribution is 6.30. The van der Waals surface area contributed by atoms with Gasteiger partial charge in [0, 0.05) is 11.6 Å². The average molecular weight is 414 g/mol. The average Bonchev–Trinajstić information content (AvgIpc) is 3.05. The minimum Gasteiger partial charge on any atom is -0.406 e. The summed E-state index contributed by atoms with van der Waals surface area (Å²) >= 11 is 6.03. The fourth-order valence-corrected chi connectivity index (χ4v) is 2.96. The number of carbonyl (C=O) groups excluding carboxylic acids is 2. The first kappa shape index (κ1) is 19.8. The van der Waals surface area contributed by atoms with E-state index in [0.717, 1.165) is 12.1 Å². The van der Waals surface area contributed by atoms with Gasteiger partial charge in [0.25, 0.3) is 0 Å². The Morgan fingerprint density at radius 1 is 1.18 bits per heavy atom. The van der Waals surface area contributed by atoms with Crippen LogP contribution in [0, 0.1) is 0 Å². The van der Waals surface area contributed by atoms with Crippen LogP contribution in [0.25, 0.3) is 0 Å². The molecule has 1 aliphatic rings. The number of benzene rings is 2. The van der Waals surface area contributed by atoms with Gasteiger partial charge < -0.3 is 20.7 Å². The van der Waals surface area contributed by atoms with Gasteiger partial charge in [-0.25, -0.2) is 4.79 Å². The zero-order valence-corrected chi connectivity index (χ0v) is 15.0. The van der Waals surface area contributed by atoms with Crippen molar-refractivity contribution in [2.24, 2.45) is 0 Å². The maximum atomic E-state index is 12.5. The summed E-state index contributed by atoms with van der Waals surface area (Å²) in [5.41, 5.74) is 1.14. The predicted molar refractivity (Wildman–Crippen MR) is 94.9 cm³/mol. The Bertz CT molecular complexity index is 874. The number of amides is 3. The third kappa shape index (κ3) is 5.07. The number of carbonyl (C=O) groups is 2. The summed E-state index contributed by atoms with van der Waals surface area (Å²) < 4.78 is 40.9. The molecule has 0 saturated carbocycles. The van der Waals surface area contributed by atoms with E-state index in [9.17, 15) is 22.8 Å². The summed E-state index contributed by atoms with van der Waals surface area (Å²) in [6.07, 6.45) is -4.80. The maximum Gasteiger partial charge on any atom is 0.573 e. The van der Waals surface area contributed by atoms with Gasteiger partial charge in [-0.15, -0.1) is 13.2 Å². The molecule has 2 atom stereocenters. The monoisotopic (exact) mass is 413 g/mol. The Kier molecular flexibility index (Phi) is 5.64. The lowest BCUT2D eigenvalue weighted by atomic mass is 9.98. The molecule has 148 valence electrons. The molecule has 10 heteroatoms. The highest BCUT2D eigenvalue weighted by Crippen LogP contribution is 2.28. The van der Waals surface area contributed by atoms with E-state index in [-0.39, 0.29) is 12.3 Å². The van der Waals surface area contributed by atoms with Gasteiger partial charge in [-0.1, -0.05) is 35.9 Å². The first-order chi connectivity index (χ1) is 13.2. The third-order valence-corrected chi connectivity index (χ3v) is 4.24. The molecule has 0 aromatic heterocycles. The second kappa shape index (κ2) is 7.97. The van der Waals surface area contributed by atoms with Crippen molar-refractivity contribution >= 4 is 23.5 Å². The number of urea groups is 1. The minimum absolute atomic E-state index is 0.130. The molecule has 2 unspecified atom stereocenters. The summed E-state index contributed by atoms with van der Waals surface area (Å²) in [4.78, 5) is 23.8. The second-order valence-corrected chi connectivity index (χ2v) is 6.46. The van der Waals surface area contributed by atoms with Crippen LogP contribution in [0.1, 0.15) is 17.2 Å². The zero-order chi connectivity index (χ0) is 20.3. The number of hydrogen-bond donors (Lipinski definition) is 3. The Morgan fingerprint density at radius 3 is 2.46 bits per heavy atom. The topological polar surface area (TPSA) is 79.5 Å². The van der Waals surface area contributed by atoms with Gasteiger partial charge in [-0.2, -0.15) is 0 Å². The zero-order valence-electron chi connectivity index (χ0n) is 14.2. The van der Waals surface area contributed by atoms with Gasteiger partial charge in [-0.3, -0.25) is 4.79 Å². The van der Waals surface area contributed by atoms with Gasteiger partial charge in [0.15, 0.2) is 0 Å². The first-order valence-electron chi connectivity index (χ1n) is 8.17. The molecule has 0 spiro atoms. The Hall–Kier alpha value is -2.94. The molecule has 3 rings (SSSR count). The lowest BCUT2D eigenvalue weighted by molar-refractivity contribution is -0.274. The third-order valence-electron chi connectivity index (χ3n) is 4.00. The molecule has 0 aliphatic carbocycles. The molecule has 1 saturated heterocycles. The molecular weight excluding hydrogens is 399 g/mol. The summed E-state index contributed by atoms with van der Waals surface area (Å²) in [5, 5.41) is 8.19. The normalized spacial score (nSPS) is 17.4. The van der Waals surface area contributed by atoms with Crippen LogP contribution in [-0.4, -0.2) is 30.9 Å². The fourth-order valence-electron chi connectivity index (χ4n) is 2.76. The van der Waals surface area contributed by atoms with Crippen molar-refractivity contribution in [1.82, 2.24) is 16.0 Å². The molecule has 0 bridgehead atoms. The van der Waals surface area contributed by atoms with Crippen molar-refractivity contribution in [2.75, 3.05) is 6.54 Å². The van der Waals surface area contributed by atoms with Crippen LogP contribution in [0.3, 0.4) is 0 Å². The quantitative estimate of drug-likeness (QED) is 0.704. The van der Waals surface area contributed by atoms with E-state index in [4.69, 9.17) is 11.6 Å². The maximum absolute atomic E-state index is 12.5. The van der Waals surface area contributed by atoms with Gasteiger partial charge in [0.05, 0.1) is 6.04 Å². The number of halogens is 4. The molecule has 1 aliphatic heterocycles. The predicted octanol–water partition coefficient (Wildman–Crippen LogP) is 3.13. The number of rotatable bonds is 5. The second-order valence-electron chi connectivity index (χ2n) is 6.02. The van der Waals surface area contributed by atoms with Crippen molar-refractivity contribution in [1.29, 1.82) is 0 Å². The molecule has 3 amide bonds. The van der Waals surface area contributed by atoms with E-state index >= 15 is 0 Å². The molecule has 6 nitrogen and oxygen atoms in total. The molecule has 3 N–H and O–H groups in total. The van der Waals surface area contributed by atoms with Crippen molar-refractivity contribution < 1.29 is 27.5 Å². The highest BCUT2D eigenvalue weighted by Gasteiger charge is 2.32. The summed E-state index contributed by atoms with van der Waals surface area (Å²) in [7, 11) is 0. The van der Waals surface area contributed by atoms with E-state index in [0.29, 0.717) is 16.1 Å². The number of alkyl halides is 3. The van der Waals surface area contributed by atoms with E-state index in [1.54, 1.807) is 24.3 Å². The molecule has 2 aromatic rings. The van der Waals surface area contributed by atoms with Crippen LogP contribution in [0.2, 0.25) is 5.02 Å². The molecule has 0 radical (unpaired) electrons. The Labute approximate surface area is 163 Å². The summed E-state index contributed by atoms with van der Waals surface area (Å²) in [6.45, 7) is 0.130. The summed E-state index contributed by atoms with van der Waals surface area (Å²) in [5.74, 6) is -0.821. The molecule has 28 heavy (non-hydrogen) atoms. The lowest BCUT2D eigenvalue weighted by Crippen LogP contribution is -2.44. The summed E-state index contributed by atoms with van der Waals surface area (Å²) in [6, 6.07) is 9.95. The number of ether oxygens (including phenoxy) is 1. The van der Waals surface area contributed by atoms with E-state index in [1.807, 2.05) is 0 Å². The van der Waals surface area contributed by atoms with Gasteiger partial charge in [-0.05, 0) is 35.4 Å². The van der Waals surface area contributed by atoms with Crippen LogP contribution >= 0.6 is 11.6 Å². The minimum atomic E-state index is -4.80. The van der Waals surface area contributed by atoms with Gasteiger partial charge in [0.2, 0.25) is 5.91 Å². The van der Waals surface area contributed by atoms with Crippen LogP contribution in [0.4, 0.5) is 18.0 Å². The molecule has 1 fully saturated rings. The number of nitrogens with one attached hydrogen (secondary N) is 3. The van der Waals surface area contributed by atoms with Crippen LogP contribution < -0.4 is 20.7 Å². The lowest BCUT2D eigenvalue weighted by Gasteiger charge is -2.22. The molecule has 1 heterocycles. The largest absolute Gasteiger partial charge is 0.573 e. The first-order valence-corrected chi connectivity index (χ1v) is 8.55.